The zero-order valence-corrected chi connectivity index (χ0v) is 8.02. The number of likely N-dealkylation sites (tertiary alicyclic amines) is 1. The van der Waals surface area contributed by atoms with Crippen LogP contribution in [0.2, 0.25) is 0 Å². The maximum Gasteiger partial charge on any atom is 0.102 e. The molecule has 1 N–H and O–H groups in total. The molecule has 0 saturated carbocycles. The van der Waals surface area contributed by atoms with Gasteiger partial charge in [-0.25, -0.2) is 4.39 Å². The average molecular weight is 174 g/mol. The smallest absolute Gasteiger partial charge is 0.102 e. The van der Waals surface area contributed by atoms with Crippen LogP contribution in [0.1, 0.15) is 19.8 Å². The van der Waals surface area contributed by atoms with Crippen LogP contribution in [-0.2, 0) is 0 Å². The first-order valence-electron chi connectivity index (χ1n) is 4.73. The van der Waals surface area contributed by atoms with Crippen molar-refractivity contribution in [2.45, 2.75) is 31.8 Å². The molecule has 0 radical (unpaired) electrons. The van der Waals surface area contributed by atoms with E-state index in [1.165, 1.54) is 0 Å². The number of hydrogen-bond donors (Lipinski definition) is 1. The van der Waals surface area contributed by atoms with Crippen LogP contribution in [0.5, 0.6) is 0 Å². The molecule has 0 aromatic heterocycles. The lowest BCUT2D eigenvalue weighted by atomic mass is 9.99. The molecule has 12 heavy (non-hydrogen) atoms. The van der Waals surface area contributed by atoms with Gasteiger partial charge in [0.1, 0.15) is 6.67 Å². The molecular weight excluding hydrogens is 155 g/mol. The number of rotatable bonds is 3. The van der Waals surface area contributed by atoms with Gasteiger partial charge in [-0.1, -0.05) is 0 Å². The van der Waals surface area contributed by atoms with Gasteiger partial charge in [-0.05, 0) is 33.4 Å². The Morgan fingerprint density at radius 3 is 2.92 bits per heavy atom. The summed E-state index contributed by atoms with van der Waals surface area (Å²) in [7, 11) is 2.15. The Kier molecular flexibility index (Phi) is 3.95. The fourth-order valence-electron chi connectivity index (χ4n) is 1.73. The Labute approximate surface area is 74.1 Å². The summed E-state index contributed by atoms with van der Waals surface area (Å²) in [5.74, 6) is 0. The van der Waals surface area contributed by atoms with Crippen molar-refractivity contribution in [3.05, 3.63) is 0 Å². The van der Waals surface area contributed by atoms with Crippen molar-refractivity contribution in [1.29, 1.82) is 0 Å². The van der Waals surface area contributed by atoms with Crippen molar-refractivity contribution in [3.63, 3.8) is 0 Å². The first-order valence-corrected chi connectivity index (χ1v) is 4.73. The molecule has 72 valence electrons. The second-order valence-electron chi connectivity index (χ2n) is 3.69. The van der Waals surface area contributed by atoms with Crippen LogP contribution in [0.25, 0.3) is 0 Å². The van der Waals surface area contributed by atoms with E-state index < -0.39 is 0 Å². The lowest BCUT2D eigenvalue weighted by Crippen LogP contribution is -2.46. The molecule has 1 aliphatic heterocycles. The minimum Gasteiger partial charge on any atom is -0.311 e. The maximum absolute atomic E-state index is 11.8. The normalized spacial score (nSPS) is 32.2. The summed E-state index contributed by atoms with van der Waals surface area (Å²) >= 11 is 0. The zero-order valence-electron chi connectivity index (χ0n) is 8.02. The second-order valence-corrected chi connectivity index (χ2v) is 3.69. The Morgan fingerprint density at radius 2 is 2.33 bits per heavy atom. The van der Waals surface area contributed by atoms with Gasteiger partial charge in [0.05, 0.1) is 0 Å². The van der Waals surface area contributed by atoms with Gasteiger partial charge >= 0.3 is 0 Å². The fraction of sp³-hybridized carbons (Fsp3) is 1.00. The molecule has 1 aliphatic rings. The standard InChI is InChI=1S/C9H19FN2/c1-8-7-9(11-5-4-10)3-6-12(8)2/h8-9,11H,3-7H2,1-2H3. The molecule has 1 rings (SSSR count). The van der Waals surface area contributed by atoms with Crippen molar-refractivity contribution < 1.29 is 4.39 Å². The van der Waals surface area contributed by atoms with Crippen LogP contribution in [0.4, 0.5) is 4.39 Å². The summed E-state index contributed by atoms with van der Waals surface area (Å²) in [6, 6.07) is 1.17. The molecule has 0 amide bonds. The number of nitrogens with one attached hydrogen (secondary N) is 1. The summed E-state index contributed by atoms with van der Waals surface area (Å²) in [6.07, 6.45) is 2.30. The third kappa shape index (κ3) is 2.72. The third-order valence-corrected chi connectivity index (χ3v) is 2.74. The molecule has 1 saturated heterocycles. The van der Waals surface area contributed by atoms with Crippen LogP contribution in [0.15, 0.2) is 0 Å². The molecule has 2 unspecified atom stereocenters. The molecular formula is C9H19FN2. The van der Waals surface area contributed by atoms with Gasteiger partial charge in [-0.3, -0.25) is 0 Å². The number of piperidine rings is 1. The van der Waals surface area contributed by atoms with Crippen LogP contribution in [0, 0.1) is 0 Å². The van der Waals surface area contributed by atoms with Crippen molar-refractivity contribution in [2.24, 2.45) is 0 Å². The molecule has 1 heterocycles. The van der Waals surface area contributed by atoms with Crippen molar-refractivity contribution >= 4 is 0 Å². The highest BCUT2D eigenvalue weighted by atomic mass is 19.1. The first-order chi connectivity index (χ1) is 5.74. The van der Waals surface area contributed by atoms with E-state index in [-0.39, 0.29) is 6.67 Å². The number of alkyl halides is 1. The molecule has 0 spiro atoms. The van der Waals surface area contributed by atoms with Gasteiger partial charge in [-0.2, -0.15) is 0 Å². The van der Waals surface area contributed by atoms with E-state index in [1.54, 1.807) is 0 Å². The van der Waals surface area contributed by atoms with E-state index in [2.05, 4.69) is 24.2 Å². The van der Waals surface area contributed by atoms with E-state index in [4.69, 9.17) is 0 Å². The fourth-order valence-corrected chi connectivity index (χ4v) is 1.73. The molecule has 1 fully saturated rings. The largest absolute Gasteiger partial charge is 0.311 e. The lowest BCUT2D eigenvalue weighted by molar-refractivity contribution is 0.167. The van der Waals surface area contributed by atoms with Crippen molar-refractivity contribution in [3.8, 4) is 0 Å². The Balaban J connectivity index is 2.21. The first kappa shape index (κ1) is 9.93. The van der Waals surface area contributed by atoms with Crippen LogP contribution in [-0.4, -0.2) is 43.8 Å². The molecule has 0 aromatic carbocycles. The summed E-state index contributed by atoms with van der Waals surface area (Å²) in [6.45, 7) is 3.62. The summed E-state index contributed by atoms with van der Waals surface area (Å²) in [4.78, 5) is 2.35. The van der Waals surface area contributed by atoms with E-state index in [0.717, 1.165) is 19.4 Å². The third-order valence-electron chi connectivity index (χ3n) is 2.74. The highest BCUT2D eigenvalue weighted by Crippen LogP contribution is 2.14. The molecule has 3 heteroatoms. The van der Waals surface area contributed by atoms with E-state index in [1.807, 2.05) is 0 Å². The minimum atomic E-state index is -0.249. The van der Waals surface area contributed by atoms with Crippen molar-refractivity contribution in [2.75, 3.05) is 26.8 Å². The number of nitrogens with zero attached hydrogens (tertiary/aromatic N) is 1. The van der Waals surface area contributed by atoms with Gasteiger partial charge in [0, 0.05) is 18.6 Å². The average Bonchev–Trinajstić information content (AvgIpc) is 2.07. The summed E-state index contributed by atoms with van der Waals surface area (Å²) in [5, 5.41) is 3.22. The van der Waals surface area contributed by atoms with Gasteiger partial charge < -0.3 is 10.2 Å². The van der Waals surface area contributed by atoms with E-state index >= 15 is 0 Å². The molecule has 0 bridgehead atoms. The highest BCUT2D eigenvalue weighted by Gasteiger charge is 2.21. The quantitative estimate of drug-likeness (QED) is 0.687. The highest BCUT2D eigenvalue weighted by molar-refractivity contribution is 4.80. The van der Waals surface area contributed by atoms with Gasteiger partial charge in [0.15, 0.2) is 0 Å². The molecule has 0 aromatic rings. The van der Waals surface area contributed by atoms with E-state index in [0.29, 0.717) is 18.6 Å². The van der Waals surface area contributed by atoms with E-state index in [9.17, 15) is 4.39 Å². The monoisotopic (exact) mass is 174 g/mol. The Hall–Kier alpha value is -0.150. The Bertz CT molecular complexity index is 128. The zero-order chi connectivity index (χ0) is 8.97. The molecule has 0 aliphatic carbocycles. The topological polar surface area (TPSA) is 15.3 Å². The predicted octanol–water partition coefficient (Wildman–Crippen LogP) is 1.03. The van der Waals surface area contributed by atoms with Crippen LogP contribution < -0.4 is 5.32 Å². The Morgan fingerprint density at radius 1 is 1.58 bits per heavy atom. The SMILES string of the molecule is CC1CC(NCCF)CCN1C. The minimum absolute atomic E-state index is 0.249. The molecule has 2 atom stereocenters. The summed E-state index contributed by atoms with van der Waals surface area (Å²) < 4.78 is 11.8. The second kappa shape index (κ2) is 4.77. The predicted molar refractivity (Wildman–Crippen MR) is 49.1 cm³/mol. The van der Waals surface area contributed by atoms with Gasteiger partial charge in [0.25, 0.3) is 0 Å². The molecule has 2 nitrogen and oxygen atoms in total. The summed E-state index contributed by atoms with van der Waals surface area (Å²) in [5.41, 5.74) is 0. The van der Waals surface area contributed by atoms with Crippen LogP contribution >= 0.6 is 0 Å². The van der Waals surface area contributed by atoms with Crippen molar-refractivity contribution in [1.82, 2.24) is 10.2 Å². The lowest BCUT2D eigenvalue weighted by Gasteiger charge is -2.35. The maximum atomic E-state index is 11.8. The van der Waals surface area contributed by atoms with Gasteiger partial charge in [0.2, 0.25) is 0 Å². The number of hydrogen-bond acceptors (Lipinski definition) is 2. The number of halogens is 1. The van der Waals surface area contributed by atoms with Gasteiger partial charge in [-0.15, -0.1) is 0 Å². The van der Waals surface area contributed by atoms with Crippen LogP contribution in [0.3, 0.4) is 0 Å².